The van der Waals surface area contributed by atoms with Crippen LogP contribution < -0.4 is 5.32 Å². The lowest BCUT2D eigenvalue weighted by molar-refractivity contribution is -0.138. The average Bonchev–Trinajstić information content (AvgIpc) is 2.71. The van der Waals surface area contributed by atoms with Crippen molar-refractivity contribution in [2.24, 2.45) is 0 Å². The van der Waals surface area contributed by atoms with Gasteiger partial charge < -0.3 is 14.8 Å². The highest BCUT2D eigenvalue weighted by molar-refractivity contribution is 9.10. The molecule has 1 heterocycles. The SMILES string of the molecule is CCOC(CCNCc1sccc1Br)OCC. The molecule has 0 aromatic carbocycles. The van der Waals surface area contributed by atoms with Crippen LogP contribution in [-0.2, 0) is 16.0 Å². The molecule has 0 saturated carbocycles. The quantitative estimate of drug-likeness (QED) is 0.558. The van der Waals surface area contributed by atoms with Crippen LogP contribution >= 0.6 is 27.3 Å². The number of rotatable bonds is 9. The Morgan fingerprint density at radius 2 is 2.06 bits per heavy atom. The van der Waals surface area contributed by atoms with Gasteiger partial charge in [-0.1, -0.05) is 0 Å². The van der Waals surface area contributed by atoms with Gasteiger partial charge in [0.05, 0.1) is 0 Å². The van der Waals surface area contributed by atoms with E-state index in [4.69, 9.17) is 9.47 Å². The summed E-state index contributed by atoms with van der Waals surface area (Å²) < 4.78 is 12.1. The van der Waals surface area contributed by atoms with E-state index in [1.165, 1.54) is 9.35 Å². The minimum atomic E-state index is -0.0794. The molecule has 5 heteroatoms. The molecule has 0 fully saturated rings. The van der Waals surface area contributed by atoms with E-state index >= 15 is 0 Å². The standard InChI is InChI=1S/C12H20BrNO2S/c1-3-15-12(16-4-2)5-7-14-9-11-10(13)6-8-17-11/h6,8,12,14H,3-5,7,9H2,1-2H3. The summed E-state index contributed by atoms with van der Waals surface area (Å²) >= 11 is 5.28. The van der Waals surface area contributed by atoms with Crippen LogP contribution in [0.15, 0.2) is 15.9 Å². The minimum absolute atomic E-state index is 0.0794. The van der Waals surface area contributed by atoms with Crippen LogP contribution in [0.25, 0.3) is 0 Å². The molecule has 1 aromatic rings. The fourth-order valence-electron chi connectivity index (χ4n) is 1.46. The molecule has 0 saturated heterocycles. The second kappa shape index (κ2) is 9.05. The van der Waals surface area contributed by atoms with Crippen molar-refractivity contribution in [3.05, 3.63) is 20.8 Å². The fourth-order valence-corrected chi connectivity index (χ4v) is 2.92. The predicted octanol–water partition coefficient (Wildman–Crippen LogP) is 3.39. The van der Waals surface area contributed by atoms with Crippen molar-refractivity contribution in [3.8, 4) is 0 Å². The molecule has 98 valence electrons. The zero-order valence-electron chi connectivity index (χ0n) is 10.4. The van der Waals surface area contributed by atoms with E-state index in [-0.39, 0.29) is 6.29 Å². The highest BCUT2D eigenvalue weighted by atomic mass is 79.9. The zero-order valence-corrected chi connectivity index (χ0v) is 12.8. The third-order valence-corrected chi connectivity index (χ3v) is 4.16. The molecular formula is C12H20BrNO2S. The topological polar surface area (TPSA) is 30.5 Å². The lowest BCUT2D eigenvalue weighted by Gasteiger charge is -2.16. The molecule has 0 aliphatic rings. The molecule has 0 spiro atoms. The van der Waals surface area contributed by atoms with Crippen molar-refractivity contribution >= 4 is 27.3 Å². The Labute approximate surface area is 116 Å². The van der Waals surface area contributed by atoms with Gasteiger partial charge in [0.2, 0.25) is 0 Å². The Balaban J connectivity index is 2.15. The van der Waals surface area contributed by atoms with Crippen LogP contribution in [0.4, 0.5) is 0 Å². The van der Waals surface area contributed by atoms with Crippen molar-refractivity contribution in [2.45, 2.75) is 33.1 Å². The second-order valence-corrected chi connectivity index (χ2v) is 5.35. The first-order valence-corrected chi connectivity index (χ1v) is 7.61. The molecule has 0 amide bonds. The maximum absolute atomic E-state index is 5.47. The maximum atomic E-state index is 5.47. The molecule has 0 bridgehead atoms. The van der Waals surface area contributed by atoms with Gasteiger partial charge in [-0.3, -0.25) is 0 Å². The van der Waals surface area contributed by atoms with E-state index < -0.39 is 0 Å². The maximum Gasteiger partial charge on any atom is 0.158 e. The van der Waals surface area contributed by atoms with Gasteiger partial charge in [0.1, 0.15) is 0 Å². The lowest BCUT2D eigenvalue weighted by Crippen LogP contribution is -2.24. The van der Waals surface area contributed by atoms with E-state index in [0.29, 0.717) is 13.2 Å². The molecule has 0 aliphatic carbocycles. The molecule has 0 radical (unpaired) electrons. The Bertz CT molecular complexity index is 300. The van der Waals surface area contributed by atoms with Crippen LogP contribution in [-0.4, -0.2) is 26.0 Å². The third-order valence-electron chi connectivity index (χ3n) is 2.24. The van der Waals surface area contributed by atoms with Crippen molar-refractivity contribution in [1.29, 1.82) is 0 Å². The summed E-state index contributed by atoms with van der Waals surface area (Å²) in [6.07, 6.45) is 0.800. The van der Waals surface area contributed by atoms with Gasteiger partial charge in [-0.2, -0.15) is 0 Å². The number of nitrogens with one attached hydrogen (secondary N) is 1. The van der Waals surface area contributed by atoms with Crippen LogP contribution in [0.3, 0.4) is 0 Å². The van der Waals surface area contributed by atoms with Gasteiger partial charge in [-0.25, -0.2) is 0 Å². The predicted molar refractivity (Wildman–Crippen MR) is 75.4 cm³/mol. The van der Waals surface area contributed by atoms with Gasteiger partial charge in [-0.15, -0.1) is 11.3 Å². The summed E-state index contributed by atoms with van der Waals surface area (Å²) in [7, 11) is 0. The molecular weight excluding hydrogens is 302 g/mol. The summed E-state index contributed by atoms with van der Waals surface area (Å²) in [6.45, 7) is 7.16. The van der Waals surface area contributed by atoms with Crippen molar-refractivity contribution < 1.29 is 9.47 Å². The van der Waals surface area contributed by atoms with Gasteiger partial charge in [0.15, 0.2) is 6.29 Å². The van der Waals surface area contributed by atoms with Gasteiger partial charge >= 0.3 is 0 Å². The summed E-state index contributed by atoms with van der Waals surface area (Å²) in [5, 5.41) is 5.48. The number of hydrogen-bond acceptors (Lipinski definition) is 4. The smallest absolute Gasteiger partial charge is 0.158 e. The molecule has 0 atom stereocenters. The molecule has 0 aliphatic heterocycles. The summed E-state index contributed by atoms with van der Waals surface area (Å²) in [5.74, 6) is 0. The first-order chi connectivity index (χ1) is 8.27. The molecule has 1 N–H and O–H groups in total. The summed E-state index contributed by atoms with van der Waals surface area (Å²) in [4.78, 5) is 1.33. The Hall–Kier alpha value is 0.0600. The van der Waals surface area contributed by atoms with Crippen LogP contribution in [0.2, 0.25) is 0 Å². The molecule has 0 unspecified atom stereocenters. The summed E-state index contributed by atoms with van der Waals surface area (Å²) in [6, 6.07) is 2.07. The van der Waals surface area contributed by atoms with Gasteiger partial charge in [0, 0.05) is 42.1 Å². The second-order valence-electron chi connectivity index (χ2n) is 3.50. The third kappa shape index (κ3) is 5.97. The zero-order chi connectivity index (χ0) is 12.5. The Kier molecular flexibility index (Phi) is 8.05. The monoisotopic (exact) mass is 321 g/mol. The first kappa shape index (κ1) is 15.1. The normalized spacial score (nSPS) is 11.3. The average molecular weight is 322 g/mol. The van der Waals surface area contributed by atoms with Crippen LogP contribution in [0.1, 0.15) is 25.1 Å². The minimum Gasteiger partial charge on any atom is -0.353 e. The van der Waals surface area contributed by atoms with E-state index in [2.05, 4.69) is 32.7 Å². The molecule has 1 rings (SSSR count). The Morgan fingerprint density at radius 3 is 2.59 bits per heavy atom. The van der Waals surface area contributed by atoms with Crippen LogP contribution in [0.5, 0.6) is 0 Å². The van der Waals surface area contributed by atoms with E-state index in [1.807, 2.05) is 13.8 Å². The van der Waals surface area contributed by atoms with E-state index in [1.54, 1.807) is 11.3 Å². The van der Waals surface area contributed by atoms with Gasteiger partial charge in [0.25, 0.3) is 0 Å². The van der Waals surface area contributed by atoms with Gasteiger partial charge in [-0.05, 0) is 41.2 Å². The summed E-state index contributed by atoms with van der Waals surface area (Å²) in [5.41, 5.74) is 0. The number of ether oxygens (including phenoxy) is 2. The first-order valence-electron chi connectivity index (χ1n) is 5.93. The highest BCUT2D eigenvalue weighted by Gasteiger charge is 2.07. The number of halogens is 1. The van der Waals surface area contributed by atoms with Crippen molar-refractivity contribution in [3.63, 3.8) is 0 Å². The lowest BCUT2D eigenvalue weighted by atomic mass is 10.4. The molecule has 1 aromatic heterocycles. The van der Waals surface area contributed by atoms with Crippen molar-refractivity contribution in [2.75, 3.05) is 19.8 Å². The number of thiophene rings is 1. The van der Waals surface area contributed by atoms with E-state index in [0.717, 1.165) is 19.5 Å². The van der Waals surface area contributed by atoms with Crippen LogP contribution in [0, 0.1) is 0 Å². The van der Waals surface area contributed by atoms with E-state index in [9.17, 15) is 0 Å². The number of hydrogen-bond donors (Lipinski definition) is 1. The largest absolute Gasteiger partial charge is 0.353 e. The Morgan fingerprint density at radius 1 is 1.35 bits per heavy atom. The van der Waals surface area contributed by atoms with Crippen molar-refractivity contribution in [1.82, 2.24) is 5.32 Å². The highest BCUT2D eigenvalue weighted by Crippen LogP contribution is 2.22. The molecule has 3 nitrogen and oxygen atoms in total. The fraction of sp³-hybridized carbons (Fsp3) is 0.667. The molecule has 17 heavy (non-hydrogen) atoms.